The van der Waals surface area contributed by atoms with Crippen molar-refractivity contribution in [2.45, 2.75) is 39.7 Å². The van der Waals surface area contributed by atoms with Crippen LogP contribution in [0.4, 0.5) is 0 Å². The van der Waals surface area contributed by atoms with Gasteiger partial charge in [-0.25, -0.2) is 0 Å². The lowest BCUT2D eigenvalue weighted by Gasteiger charge is -2.33. The van der Waals surface area contributed by atoms with Crippen molar-refractivity contribution >= 4 is 16.1 Å². The number of nitrogens with one attached hydrogen (secondary N) is 1. The third kappa shape index (κ3) is 4.64. The van der Waals surface area contributed by atoms with Crippen molar-refractivity contribution in [2.75, 3.05) is 27.2 Å². The van der Waals surface area contributed by atoms with E-state index in [0.29, 0.717) is 25.9 Å². The zero-order valence-electron chi connectivity index (χ0n) is 16.4. The zero-order chi connectivity index (χ0) is 19.5. The normalized spacial score (nSPS) is 18.3. The van der Waals surface area contributed by atoms with E-state index in [4.69, 9.17) is 0 Å². The smallest absolute Gasteiger partial charge is 0.281 e. The van der Waals surface area contributed by atoms with E-state index in [-0.39, 0.29) is 23.8 Å². The van der Waals surface area contributed by atoms with Crippen molar-refractivity contribution in [2.24, 2.45) is 11.8 Å². The molecule has 0 aromatic heterocycles. The fourth-order valence-corrected chi connectivity index (χ4v) is 4.52. The second-order valence-electron chi connectivity index (χ2n) is 7.55. The Kier molecular flexibility index (Phi) is 6.82. The monoisotopic (exact) mass is 381 g/mol. The number of hydrogen-bond donors (Lipinski definition) is 1. The summed E-state index contributed by atoms with van der Waals surface area (Å²) in [4.78, 5) is 12.8. The summed E-state index contributed by atoms with van der Waals surface area (Å²) in [5.41, 5.74) is 2.31. The van der Waals surface area contributed by atoms with Crippen LogP contribution in [-0.2, 0) is 15.0 Å². The minimum Gasteiger partial charge on any atom is -0.349 e. The molecule has 0 aliphatic carbocycles. The summed E-state index contributed by atoms with van der Waals surface area (Å²) < 4.78 is 27.1. The van der Waals surface area contributed by atoms with Gasteiger partial charge in [0.2, 0.25) is 5.91 Å². The highest BCUT2D eigenvalue weighted by Gasteiger charge is 2.33. The van der Waals surface area contributed by atoms with Crippen LogP contribution in [0, 0.1) is 18.8 Å². The second kappa shape index (κ2) is 8.50. The summed E-state index contributed by atoms with van der Waals surface area (Å²) in [7, 11) is -0.337. The van der Waals surface area contributed by atoms with Crippen molar-refractivity contribution in [3.05, 3.63) is 35.4 Å². The van der Waals surface area contributed by atoms with Crippen molar-refractivity contribution in [1.82, 2.24) is 13.9 Å². The summed E-state index contributed by atoms with van der Waals surface area (Å²) in [6.45, 7) is 7.03. The third-order valence-corrected chi connectivity index (χ3v) is 7.04. The van der Waals surface area contributed by atoms with E-state index in [1.807, 2.05) is 12.1 Å². The lowest BCUT2D eigenvalue weighted by Crippen LogP contribution is -2.47. The third-order valence-electron chi connectivity index (χ3n) is 5.10. The quantitative estimate of drug-likeness (QED) is 0.822. The number of amides is 1. The number of carbonyl (C=O) groups excluding carboxylic acids is 1. The summed E-state index contributed by atoms with van der Waals surface area (Å²) >= 11 is 0. The highest BCUT2D eigenvalue weighted by molar-refractivity contribution is 7.86. The molecule has 1 amide bonds. The molecule has 1 aromatic rings. The lowest BCUT2D eigenvalue weighted by molar-refractivity contribution is -0.127. The Morgan fingerprint density at radius 1 is 1.19 bits per heavy atom. The Labute approximate surface area is 157 Å². The number of aryl methyl sites for hydroxylation is 1. The summed E-state index contributed by atoms with van der Waals surface area (Å²) in [6.07, 6.45) is 1.11. The van der Waals surface area contributed by atoms with Gasteiger partial charge in [0.15, 0.2) is 0 Å². The molecule has 1 atom stereocenters. The van der Waals surface area contributed by atoms with Crippen molar-refractivity contribution in [3.8, 4) is 0 Å². The molecule has 7 heteroatoms. The van der Waals surface area contributed by atoms with Crippen LogP contribution in [0.15, 0.2) is 24.3 Å². The molecule has 26 heavy (non-hydrogen) atoms. The van der Waals surface area contributed by atoms with Gasteiger partial charge < -0.3 is 5.32 Å². The molecule has 1 N–H and O–H groups in total. The highest BCUT2D eigenvalue weighted by atomic mass is 32.2. The van der Waals surface area contributed by atoms with Gasteiger partial charge in [-0.2, -0.15) is 17.0 Å². The molecule has 0 radical (unpaired) electrons. The number of benzene rings is 1. The number of nitrogens with zero attached hydrogens (tertiary/aromatic N) is 2. The van der Waals surface area contributed by atoms with Crippen LogP contribution in [-0.4, -0.2) is 50.1 Å². The first-order valence-electron chi connectivity index (χ1n) is 9.18. The molecule has 146 valence electrons. The maximum Gasteiger partial charge on any atom is 0.281 e. The summed E-state index contributed by atoms with van der Waals surface area (Å²) in [5.74, 6) is 0.150. The molecule has 6 nitrogen and oxygen atoms in total. The van der Waals surface area contributed by atoms with Crippen molar-refractivity contribution in [1.29, 1.82) is 0 Å². The first-order chi connectivity index (χ1) is 12.1. The molecule has 1 aromatic carbocycles. The average molecular weight is 382 g/mol. The van der Waals surface area contributed by atoms with E-state index in [1.54, 1.807) is 0 Å². The number of piperidine rings is 1. The minimum absolute atomic E-state index is 0.0221. The predicted octanol–water partition coefficient (Wildman–Crippen LogP) is 2.33. The molecule has 0 spiro atoms. The van der Waals surface area contributed by atoms with Gasteiger partial charge in [-0.05, 0) is 36.8 Å². The Bertz CT molecular complexity index is 723. The fraction of sp³-hybridized carbons (Fsp3) is 0.632. The Balaban J connectivity index is 2.03. The van der Waals surface area contributed by atoms with Gasteiger partial charge in [-0.15, -0.1) is 0 Å². The molecule has 0 unspecified atom stereocenters. The molecule has 1 heterocycles. The minimum atomic E-state index is -3.40. The first-order valence-corrected chi connectivity index (χ1v) is 10.6. The van der Waals surface area contributed by atoms with Gasteiger partial charge in [-0.3, -0.25) is 4.79 Å². The molecule has 2 rings (SSSR count). The molecule has 1 saturated heterocycles. The summed E-state index contributed by atoms with van der Waals surface area (Å²) in [6, 6.07) is 8.08. The summed E-state index contributed by atoms with van der Waals surface area (Å²) in [5, 5.41) is 3.20. The van der Waals surface area contributed by atoms with E-state index >= 15 is 0 Å². The van der Waals surface area contributed by atoms with Crippen LogP contribution < -0.4 is 5.32 Å². The predicted molar refractivity (Wildman–Crippen MR) is 104 cm³/mol. The molecule has 1 aliphatic rings. The maximum atomic E-state index is 12.8. The van der Waals surface area contributed by atoms with Crippen molar-refractivity contribution < 1.29 is 13.2 Å². The molecule has 0 saturated carbocycles. The van der Waals surface area contributed by atoms with Crippen LogP contribution in [0.1, 0.15) is 43.9 Å². The van der Waals surface area contributed by atoms with E-state index in [9.17, 15) is 13.2 Å². The van der Waals surface area contributed by atoms with Gasteiger partial charge >= 0.3 is 0 Å². The SMILES string of the molecule is Cc1ccccc1[C@H](NC(=O)C1CCN(S(=O)(=O)N(C)C)CC1)C(C)C. The molecule has 1 fully saturated rings. The highest BCUT2D eigenvalue weighted by Crippen LogP contribution is 2.27. The van der Waals surface area contributed by atoms with Crippen LogP contribution in [0.5, 0.6) is 0 Å². The average Bonchev–Trinajstić information content (AvgIpc) is 2.60. The number of hydrogen-bond acceptors (Lipinski definition) is 3. The molecular formula is C19H31N3O3S. The van der Waals surface area contributed by atoms with E-state index in [1.165, 1.54) is 28.3 Å². The fourth-order valence-electron chi connectivity index (χ4n) is 3.39. The number of carbonyl (C=O) groups is 1. The van der Waals surface area contributed by atoms with Gasteiger partial charge in [0.05, 0.1) is 6.04 Å². The maximum absolute atomic E-state index is 12.8. The number of rotatable bonds is 6. The molecule has 1 aliphatic heterocycles. The first kappa shape index (κ1) is 20.9. The van der Waals surface area contributed by atoms with E-state index in [0.717, 1.165) is 5.56 Å². The van der Waals surface area contributed by atoms with Crippen LogP contribution >= 0.6 is 0 Å². The zero-order valence-corrected chi connectivity index (χ0v) is 17.2. The Morgan fingerprint density at radius 3 is 2.27 bits per heavy atom. The van der Waals surface area contributed by atoms with Gasteiger partial charge in [0, 0.05) is 33.1 Å². The molecular weight excluding hydrogens is 350 g/mol. The van der Waals surface area contributed by atoms with E-state index < -0.39 is 10.2 Å². The van der Waals surface area contributed by atoms with Crippen LogP contribution in [0.25, 0.3) is 0 Å². The van der Waals surface area contributed by atoms with Gasteiger partial charge in [0.1, 0.15) is 0 Å². The topological polar surface area (TPSA) is 69.7 Å². The van der Waals surface area contributed by atoms with Crippen molar-refractivity contribution in [3.63, 3.8) is 0 Å². The largest absolute Gasteiger partial charge is 0.349 e. The Morgan fingerprint density at radius 2 is 1.77 bits per heavy atom. The van der Waals surface area contributed by atoms with Gasteiger partial charge in [0.25, 0.3) is 10.2 Å². The van der Waals surface area contributed by atoms with Crippen LogP contribution in [0.2, 0.25) is 0 Å². The Hall–Kier alpha value is -1.44. The second-order valence-corrected chi connectivity index (χ2v) is 9.69. The standard InChI is InChI=1S/C19H31N3O3S/c1-14(2)18(17-9-7-6-8-15(17)3)20-19(23)16-10-12-22(13-11-16)26(24,25)21(4)5/h6-9,14,16,18H,10-13H2,1-5H3,(H,20,23)/t18-/m1/s1. The van der Waals surface area contributed by atoms with Gasteiger partial charge in [-0.1, -0.05) is 38.1 Å². The van der Waals surface area contributed by atoms with Crippen LogP contribution in [0.3, 0.4) is 0 Å². The lowest BCUT2D eigenvalue weighted by atomic mass is 9.90. The molecule has 0 bridgehead atoms. The van der Waals surface area contributed by atoms with E-state index in [2.05, 4.69) is 38.2 Å².